The van der Waals surface area contributed by atoms with Crippen LogP contribution in [0.5, 0.6) is 0 Å². The molecule has 1 spiro atoms. The monoisotopic (exact) mass is 497 g/mol. The number of likely N-dealkylation sites (tertiary alicyclic amines) is 1. The molecule has 5 rings (SSSR count). The molecule has 6 heteroatoms. The molecule has 0 radical (unpaired) electrons. The van der Waals surface area contributed by atoms with Crippen LogP contribution < -0.4 is 5.32 Å². The fourth-order valence-corrected chi connectivity index (χ4v) is 6.02. The van der Waals surface area contributed by atoms with E-state index in [2.05, 4.69) is 59.7 Å². The fourth-order valence-electron chi connectivity index (χ4n) is 6.02. The third kappa shape index (κ3) is 5.30. The predicted molar refractivity (Wildman–Crippen MR) is 143 cm³/mol. The quantitative estimate of drug-likeness (QED) is 0.515. The van der Waals surface area contributed by atoms with E-state index in [1.165, 1.54) is 16.7 Å². The van der Waals surface area contributed by atoms with Gasteiger partial charge in [-0.25, -0.2) is 0 Å². The summed E-state index contributed by atoms with van der Waals surface area (Å²) < 4.78 is 6.64. The summed E-state index contributed by atoms with van der Waals surface area (Å²) in [7, 11) is 0. The van der Waals surface area contributed by atoms with Crippen LogP contribution in [0.2, 0.25) is 0 Å². The maximum Gasteiger partial charge on any atom is 0.222 e. The summed E-state index contributed by atoms with van der Waals surface area (Å²) in [6.45, 7) is 5.44. The number of aryl methyl sites for hydroxylation is 2. The number of nitrogens with one attached hydrogen (secondary N) is 1. The molecular weight excluding hydrogens is 462 g/mol. The van der Waals surface area contributed by atoms with E-state index in [4.69, 9.17) is 4.74 Å². The van der Waals surface area contributed by atoms with Gasteiger partial charge in [0.1, 0.15) is 0 Å². The molecule has 0 saturated carbocycles. The number of carbonyl (C=O) groups excluding carboxylic acids is 2. The maximum absolute atomic E-state index is 13.1. The Bertz CT molecular complexity index is 1230. The minimum absolute atomic E-state index is 0.0712. The predicted octanol–water partition coefficient (Wildman–Crippen LogP) is 4.66. The van der Waals surface area contributed by atoms with Crippen molar-refractivity contribution in [3.05, 3.63) is 101 Å². The molecule has 2 amide bonds. The molecule has 1 saturated heterocycles. The molecule has 0 bridgehead atoms. The second kappa shape index (κ2) is 10.9. The summed E-state index contributed by atoms with van der Waals surface area (Å²) in [5, 5.41) is 3.18. The molecular formula is C31H35N3O3. The number of pyridine rings is 1. The molecule has 1 aliphatic carbocycles. The summed E-state index contributed by atoms with van der Waals surface area (Å²) in [6, 6.07) is 20.5. The van der Waals surface area contributed by atoms with Gasteiger partial charge in [-0.2, -0.15) is 0 Å². The number of rotatable bonds is 7. The van der Waals surface area contributed by atoms with Crippen LogP contribution in [0.1, 0.15) is 60.0 Å². The third-order valence-electron chi connectivity index (χ3n) is 7.97. The number of amides is 2. The summed E-state index contributed by atoms with van der Waals surface area (Å²) >= 11 is 0. The summed E-state index contributed by atoms with van der Waals surface area (Å²) in [5.74, 6) is 0.132. The zero-order valence-corrected chi connectivity index (χ0v) is 21.7. The Morgan fingerprint density at radius 2 is 1.70 bits per heavy atom. The van der Waals surface area contributed by atoms with Gasteiger partial charge in [-0.1, -0.05) is 54.1 Å². The number of ether oxygens (including phenoxy) is 1. The van der Waals surface area contributed by atoms with Crippen LogP contribution >= 0.6 is 0 Å². The van der Waals surface area contributed by atoms with Crippen molar-refractivity contribution in [1.82, 2.24) is 15.2 Å². The molecule has 2 heterocycles. The van der Waals surface area contributed by atoms with Gasteiger partial charge in [0.05, 0.1) is 18.8 Å². The average molecular weight is 498 g/mol. The third-order valence-corrected chi connectivity index (χ3v) is 7.97. The summed E-state index contributed by atoms with van der Waals surface area (Å²) in [5.41, 5.74) is 5.57. The van der Waals surface area contributed by atoms with Crippen LogP contribution in [-0.2, 0) is 32.8 Å². The van der Waals surface area contributed by atoms with Crippen LogP contribution in [0.15, 0.2) is 73.1 Å². The first kappa shape index (κ1) is 25.2. The highest BCUT2D eigenvalue weighted by Crippen LogP contribution is 2.52. The molecule has 1 fully saturated rings. The second-order valence-electron chi connectivity index (χ2n) is 10.4. The van der Waals surface area contributed by atoms with Crippen molar-refractivity contribution in [2.75, 3.05) is 13.1 Å². The van der Waals surface area contributed by atoms with E-state index in [0.717, 1.165) is 30.4 Å². The van der Waals surface area contributed by atoms with E-state index in [1.54, 1.807) is 19.3 Å². The number of hydrogen-bond donors (Lipinski definition) is 1. The van der Waals surface area contributed by atoms with Crippen molar-refractivity contribution >= 4 is 11.8 Å². The number of aromatic nitrogens is 1. The van der Waals surface area contributed by atoms with Gasteiger partial charge >= 0.3 is 0 Å². The molecule has 1 aromatic heterocycles. The number of hydrogen-bond acceptors (Lipinski definition) is 4. The first-order valence-corrected chi connectivity index (χ1v) is 13.2. The van der Waals surface area contributed by atoms with E-state index in [0.29, 0.717) is 26.1 Å². The smallest absolute Gasteiger partial charge is 0.222 e. The lowest BCUT2D eigenvalue weighted by molar-refractivity contribution is -0.134. The molecule has 0 unspecified atom stereocenters. The van der Waals surface area contributed by atoms with Crippen molar-refractivity contribution in [1.29, 1.82) is 0 Å². The van der Waals surface area contributed by atoms with Gasteiger partial charge in [0.15, 0.2) is 0 Å². The molecule has 2 atom stereocenters. The van der Waals surface area contributed by atoms with Gasteiger partial charge in [-0.05, 0) is 60.6 Å². The molecule has 2 aliphatic rings. The van der Waals surface area contributed by atoms with Crippen molar-refractivity contribution in [3.8, 4) is 0 Å². The zero-order chi connectivity index (χ0) is 25.8. The Morgan fingerprint density at radius 3 is 2.41 bits per heavy atom. The Hall–Kier alpha value is -3.51. The van der Waals surface area contributed by atoms with Crippen molar-refractivity contribution in [2.45, 2.75) is 63.7 Å². The first-order valence-electron chi connectivity index (χ1n) is 13.2. The van der Waals surface area contributed by atoms with E-state index in [-0.39, 0.29) is 29.4 Å². The van der Waals surface area contributed by atoms with Gasteiger partial charge in [-0.15, -0.1) is 0 Å². The van der Waals surface area contributed by atoms with E-state index in [9.17, 15) is 9.59 Å². The van der Waals surface area contributed by atoms with E-state index in [1.807, 2.05) is 23.1 Å². The number of carbonyl (C=O) groups is 2. The van der Waals surface area contributed by atoms with Crippen LogP contribution in [-0.4, -0.2) is 40.9 Å². The van der Waals surface area contributed by atoms with Crippen molar-refractivity contribution in [3.63, 3.8) is 0 Å². The molecule has 1 N–H and O–H groups in total. The highest BCUT2D eigenvalue weighted by molar-refractivity contribution is 5.77. The molecule has 192 valence electrons. The molecule has 1 aliphatic heterocycles. The number of benzene rings is 2. The zero-order valence-electron chi connectivity index (χ0n) is 21.7. The van der Waals surface area contributed by atoms with Crippen LogP contribution in [0.4, 0.5) is 0 Å². The van der Waals surface area contributed by atoms with Crippen LogP contribution in [0.25, 0.3) is 0 Å². The normalized spacial score (nSPS) is 20.0. The average Bonchev–Trinajstić information content (AvgIpc) is 3.15. The SMILES string of the molecule is CC(=O)N[C@H]1c2ccccc2C2(CCN(C(=O)CCc3ccc(C)cc3)CC2)[C@@H]1OCc1ccncc1. The molecule has 37 heavy (non-hydrogen) atoms. The Kier molecular flexibility index (Phi) is 7.38. The second-order valence-corrected chi connectivity index (χ2v) is 10.4. The Balaban J connectivity index is 1.34. The minimum atomic E-state index is -0.259. The van der Waals surface area contributed by atoms with Gasteiger partial charge in [0, 0.05) is 44.2 Å². The highest BCUT2D eigenvalue weighted by atomic mass is 16.5. The van der Waals surface area contributed by atoms with Gasteiger partial charge in [0.25, 0.3) is 0 Å². The standard InChI is InChI=1S/C31H35N3O3/c1-22-7-9-24(10-8-22)11-12-28(36)34-19-15-31(16-20-34)27-6-4-3-5-26(27)29(33-23(2)35)30(31)37-21-25-13-17-32-18-14-25/h3-10,13-14,17-18,29-30H,11-12,15-16,19-21H2,1-2H3,(H,33,35)/t29-,30+/m0/s1. The lowest BCUT2D eigenvalue weighted by atomic mass is 9.71. The first-order chi connectivity index (χ1) is 18.0. The largest absolute Gasteiger partial charge is 0.370 e. The van der Waals surface area contributed by atoms with Crippen LogP contribution in [0, 0.1) is 6.92 Å². The lowest BCUT2D eigenvalue weighted by Gasteiger charge is -2.44. The number of nitrogens with zero attached hydrogens (tertiary/aromatic N) is 2. The Morgan fingerprint density at radius 1 is 1.00 bits per heavy atom. The summed E-state index contributed by atoms with van der Waals surface area (Å²) in [6.07, 6.45) is 6.20. The van der Waals surface area contributed by atoms with E-state index >= 15 is 0 Å². The van der Waals surface area contributed by atoms with Gasteiger partial charge in [-0.3, -0.25) is 14.6 Å². The molecule has 3 aromatic rings. The minimum Gasteiger partial charge on any atom is -0.370 e. The van der Waals surface area contributed by atoms with Gasteiger partial charge in [0.2, 0.25) is 11.8 Å². The topological polar surface area (TPSA) is 71.5 Å². The highest BCUT2D eigenvalue weighted by Gasteiger charge is 2.54. The fraction of sp³-hybridized carbons (Fsp3) is 0.387. The number of piperidine rings is 1. The molecule has 2 aromatic carbocycles. The Labute approximate surface area is 219 Å². The molecule has 6 nitrogen and oxygen atoms in total. The van der Waals surface area contributed by atoms with Gasteiger partial charge < -0.3 is 15.0 Å². The van der Waals surface area contributed by atoms with E-state index < -0.39 is 0 Å². The van der Waals surface area contributed by atoms with Crippen molar-refractivity contribution < 1.29 is 14.3 Å². The van der Waals surface area contributed by atoms with Crippen molar-refractivity contribution in [2.24, 2.45) is 0 Å². The lowest BCUT2D eigenvalue weighted by Crippen LogP contribution is -2.51. The van der Waals surface area contributed by atoms with Crippen LogP contribution in [0.3, 0.4) is 0 Å². The summed E-state index contributed by atoms with van der Waals surface area (Å²) in [4.78, 5) is 31.5. The maximum atomic E-state index is 13.1. The number of fused-ring (bicyclic) bond motifs is 2.